The Bertz CT molecular complexity index is 800. The molecule has 8 heteroatoms. The molecule has 0 saturated carbocycles. The molecule has 0 saturated heterocycles. The van der Waals surface area contributed by atoms with Crippen LogP contribution in [0.5, 0.6) is 0 Å². The number of para-hydroxylation sites is 1. The van der Waals surface area contributed by atoms with Crippen molar-refractivity contribution < 1.29 is 14.5 Å². The Hall–Kier alpha value is -3.29. The highest BCUT2D eigenvalue weighted by atomic mass is 16.6. The molecule has 0 bridgehead atoms. The van der Waals surface area contributed by atoms with Crippen LogP contribution in [0.15, 0.2) is 48.7 Å². The molecule has 0 aliphatic rings. The van der Waals surface area contributed by atoms with E-state index in [4.69, 9.17) is 0 Å². The summed E-state index contributed by atoms with van der Waals surface area (Å²) >= 11 is 0. The van der Waals surface area contributed by atoms with Crippen molar-refractivity contribution in [3.05, 3.63) is 70.0 Å². The largest absolute Gasteiger partial charge is 0.288 e. The van der Waals surface area contributed by atoms with Crippen molar-refractivity contribution in [2.24, 2.45) is 0 Å². The van der Waals surface area contributed by atoms with Gasteiger partial charge in [-0.05, 0) is 39.0 Å². The Balaban J connectivity index is 2.37. The number of rotatable bonds is 3. The molecular weight excluding hydrogens is 324 g/mol. The van der Waals surface area contributed by atoms with Crippen molar-refractivity contribution in [3.63, 3.8) is 0 Å². The first-order chi connectivity index (χ1) is 11.7. The van der Waals surface area contributed by atoms with E-state index in [-0.39, 0.29) is 16.9 Å². The molecule has 1 aromatic heterocycles. The molecule has 1 heterocycles. The lowest BCUT2D eigenvalue weighted by atomic mass is 10.1. The third-order valence-electron chi connectivity index (χ3n) is 3.32. The highest BCUT2D eigenvalue weighted by molar-refractivity contribution is 6.01. The Morgan fingerprint density at radius 1 is 1.12 bits per heavy atom. The minimum Gasteiger partial charge on any atom is -0.267 e. The molecule has 0 fully saturated rings. The van der Waals surface area contributed by atoms with Gasteiger partial charge < -0.3 is 0 Å². The Morgan fingerprint density at radius 3 is 2.32 bits per heavy atom. The van der Waals surface area contributed by atoms with E-state index in [0.29, 0.717) is 0 Å². The summed E-state index contributed by atoms with van der Waals surface area (Å²) in [5.41, 5.74) is 1.38. The number of hydrogen-bond acceptors (Lipinski definition) is 5. The minimum absolute atomic E-state index is 0.108. The molecule has 25 heavy (non-hydrogen) atoms. The first kappa shape index (κ1) is 18.1. The zero-order chi connectivity index (χ0) is 18.6. The van der Waals surface area contributed by atoms with Gasteiger partial charge in [-0.3, -0.25) is 30.1 Å². The topological polar surface area (TPSA) is 105 Å². The molecule has 1 aromatic carbocycles. The second kappa shape index (κ2) is 7.08. The molecule has 2 amide bonds. The number of nitrogens with zero attached hydrogens (tertiary/aromatic N) is 3. The second-order valence-electron chi connectivity index (χ2n) is 6.24. The molecule has 0 spiro atoms. The van der Waals surface area contributed by atoms with Crippen LogP contribution in [0, 0.1) is 10.1 Å². The molecule has 0 aliphatic heterocycles. The summed E-state index contributed by atoms with van der Waals surface area (Å²) in [6.07, 6.45) is 1.46. The van der Waals surface area contributed by atoms with Gasteiger partial charge in [0.05, 0.1) is 10.5 Å². The molecule has 0 unspecified atom stereocenters. The fraction of sp³-hybridized carbons (Fsp3) is 0.235. The summed E-state index contributed by atoms with van der Waals surface area (Å²) in [5, 5.41) is 12.3. The number of amides is 2. The van der Waals surface area contributed by atoms with Crippen LogP contribution in [0.3, 0.4) is 0 Å². The van der Waals surface area contributed by atoms with E-state index < -0.39 is 22.3 Å². The molecule has 130 valence electrons. The minimum atomic E-state index is -0.814. The van der Waals surface area contributed by atoms with Gasteiger partial charge in [-0.25, -0.2) is 5.01 Å². The van der Waals surface area contributed by atoms with Gasteiger partial charge in [0.1, 0.15) is 11.3 Å². The molecule has 1 N–H and O–H groups in total. The summed E-state index contributed by atoms with van der Waals surface area (Å²) in [4.78, 5) is 39.7. The first-order valence-corrected chi connectivity index (χ1v) is 7.52. The van der Waals surface area contributed by atoms with Crippen LogP contribution in [-0.2, 0) is 0 Å². The Labute approximate surface area is 144 Å². The van der Waals surface area contributed by atoms with E-state index in [2.05, 4.69) is 10.4 Å². The van der Waals surface area contributed by atoms with Crippen LogP contribution >= 0.6 is 0 Å². The molecule has 0 aliphatic carbocycles. The normalized spacial score (nSPS) is 10.8. The lowest BCUT2D eigenvalue weighted by Gasteiger charge is -2.35. The summed E-state index contributed by atoms with van der Waals surface area (Å²) in [6, 6.07) is 10.4. The highest BCUT2D eigenvalue weighted by Gasteiger charge is 2.33. The van der Waals surface area contributed by atoms with Crippen molar-refractivity contribution in [1.29, 1.82) is 0 Å². The van der Waals surface area contributed by atoms with Crippen LogP contribution in [0.25, 0.3) is 0 Å². The van der Waals surface area contributed by atoms with Gasteiger partial charge in [0.2, 0.25) is 0 Å². The van der Waals surface area contributed by atoms with Crippen molar-refractivity contribution >= 4 is 17.5 Å². The van der Waals surface area contributed by atoms with Crippen LogP contribution < -0.4 is 5.43 Å². The summed E-state index contributed by atoms with van der Waals surface area (Å²) in [5.74, 6) is -1.26. The standard InChI is InChI=1S/C17H18N4O4/c1-17(2,3)20(19-15(22)13-9-6-7-11-18-13)16(23)12-8-4-5-10-14(12)21(24)25/h4-11H,1-3H3,(H,19,22). The number of nitro benzene ring substituents is 1. The number of hydrogen-bond donors (Lipinski definition) is 1. The average Bonchev–Trinajstić information content (AvgIpc) is 2.58. The van der Waals surface area contributed by atoms with Gasteiger partial charge in [-0.1, -0.05) is 18.2 Å². The lowest BCUT2D eigenvalue weighted by Crippen LogP contribution is -2.56. The number of pyridine rings is 1. The quantitative estimate of drug-likeness (QED) is 0.682. The summed E-state index contributed by atoms with van der Waals surface area (Å²) in [7, 11) is 0. The molecular formula is C17H18N4O4. The van der Waals surface area contributed by atoms with Gasteiger partial charge in [0.25, 0.3) is 17.5 Å². The maximum absolute atomic E-state index is 12.9. The predicted octanol–water partition coefficient (Wildman–Crippen LogP) is 2.58. The molecule has 8 nitrogen and oxygen atoms in total. The number of carbonyl (C=O) groups excluding carboxylic acids is 2. The number of nitro groups is 1. The van der Waals surface area contributed by atoms with Gasteiger partial charge in [0.15, 0.2) is 0 Å². The Kier molecular flexibility index (Phi) is 5.11. The van der Waals surface area contributed by atoms with Crippen LogP contribution in [0.4, 0.5) is 5.69 Å². The first-order valence-electron chi connectivity index (χ1n) is 7.52. The van der Waals surface area contributed by atoms with E-state index >= 15 is 0 Å². The fourth-order valence-electron chi connectivity index (χ4n) is 2.11. The van der Waals surface area contributed by atoms with Crippen LogP contribution in [-0.4, -0.2) is 32.3 Å². The van der Waals surface area contributed by atoms with Crippen LogP contribution in [0.1, 0.15) is 41.6 Å². The van der Waals surface area contributed by atoms with Crippen molar-refractivity contribution in [2.75, 3.05) is 0 Å². The third kappa shape index (κ3) is 4.17. The van der Waals surface area contributed by atoms with E-state index in [1.807, 2.05) is 0 Å². The predicted molar refractivity (Wildman–Crippen MR) is 90.7 cm³/mol. The summed E-state index contributed by atoms with van der Waals surface area (Å²) in [6.45, 7) is 5.12. The van der Waals surface area contributed by atoms with Crippen molar-refractivity contribution in [3.8, 4) is 0 Å². The smallest absolute Gasteiger partial charge is 0.267 e. The number of nitrogens with one attached hydrogen (secondary N) is 1. The number of benzene rings is 1. The number of aromatic nitrogens is 1. The lowest BCUT2D eigenvalue weighted by molar-refractivity contribution is -0.385. The monoisotopic (exact) mass is 342 g/mol. The van der Waals surface area contributed by atoms with Gasteiger partial charge >= 0.3 is 0 Å². The molecule has 2 rings (SSSR count). The van der Waals surface area contributed by atoms with Gasteiger partial charge in [-0.15, -0.1) is 0 Å². The fourth-order valence-corrected chi connectivity index (χ4v) is 2.11. The van der Waals surface area contributed by atoms with E-state index in [1.165, 1.54) is 36.5 Å². The van der Waals surface area contributed by atoms with E-state index in [1.54, 1.807) is 32.9 Å². The van der Waals surface area contributed by atoms with Crippen molar-refractivity contribution in [1.82, 2.24) is 15.4 Å². The third-order valence-corrected chi connectivity index (χ3v) is 3.32. The second-order valence-corrected chi connectivity index (χ2v) is 6.24. The van der Waals surface area contributed by atoms with Crippen LogP contribution in [0.2, 0.25) is 0 Å². The average molecular weight is 342 g/mol. The SMILES string of the molecule is CC(C)(C)N(NC(=O)c1ccccn1)C(=O)c1ccccc1[N+](=O)[O-]. The van der Waals surface area contributed by atoms with Gasteiger partial charge in [0, 0.05) is 12.3 Å². The summed E-state index contributed by atoms with van der Waals surface area (Å²) < 4.78 is 0. The molecule has 0 atom stereocenters. The van der Waals surface area contributed by atoms with Gasteiger partial charge in [-0.2, -0.15) is 0 Å². The Morgan fingerprint density at radius 2 is 1.76 bits per heavy atom. The maximum atomic E-state index is 12.9. The zero-order valence-electron chi connectivity index (χ0n) is 14.1. The van der Waals surface area contributed by atoms with Crippen molar-refractivity contribution in [2.45, 2.75) is 26.3 Å². The number of hydrazine groups is 1. The maximum Gasteiger partial charge on any atom is 0.288 e. The zero-order valence-corrected chi connectivity index (χ0v) is 14.1. The highest BCUT2D eigenvalue weighted by Crippen LogP contribution is 2.22. The molecule has 2 aromatic rings. The molecule has 0 radical (unpaired) electrons. The number of carbonyl (C=O) groups is 2. The van der Waals surface area contributed by atoms with E-state index in [0.717, 1.165) is 5.01 Å². The van der Waals surface area contributed by atoms with E-state index in [9.17, 15) is 19.7 Å².